The molecular weight excluding hydrogens is 263 g/mol. The van der Waals surface area contributed by atoms with Gasteiger partial charge >= 0.3 is 6.18 Å². The number of aliphatic hydroxyl groups is 1. The van der Waals surface area contributed by atoms with Crippen molar-refractivity contribution in [1.82, 2.24) is 10.2 Å². The minimum atomic E-state index is -4.50. The lowest BCUT2D eigenvalue weighted by Gasteiger charge is -2.32. The predicted octanol–water partition coefficient (Wildman–Crippen LogP) is 1.45. The van der Waals surface area contributed by atoms with Crippen LogP contribution in [-0.4, -0.2) is 40.7 Å². The summed E-state index contributed by atoms with van der Waals surface area (Å²) < 4.78 is 42.0. The second-order valence-corrected chi connectivity index (χ2v) is 4.49. The lowest BCUT2D eigenvalue weighted by molar-refractivity contribution is -0.141. The standard InChI is InChI=1S/C11H14F3N3O2/c12-11(13,14)8-1-2-9(17-16-8)15-7-10(18)3-5-19-6-4-10/h1-2,18H,3-7H2,(H,15,17). The van der Waals surface area contributed by atoms with Crippen LogP contribution >= 0.6 is 0 Å². The highest BCUT2D eigenvalue weighted by molar-refractivity contribution is 5.33. The summed E-state index contributed by atoms with van der Waals surface area (Å²) in [5.74, 6) is 0.202. The van der Waals surface area contributed by atoms with Gasteiger partial charge in [-0.3, -0.25) is 0 Å². The van der Waals surface area contributed by atoms with Crippen molar-refractivity contribution in [1.29, 1.82) is 0 Å². The number of nitrogens with zero attached hydrogens (tertiary/aromatic N) is 2. The average molecular weight is 277 g/mol. The lowest BCUT2D eigenvalue weighted by atomic mass is 9.94. The van der Waals surface area contributed by atoms with Gasteiger partial charge in [0.1, 0.15) is 5.82 Å². The molecule has 1 aliphatic rings. The third-order valence-electron chi connectivity index (χ3n) is 2.98. The number of rotatable bonds is 3. The number of alkyl halides is 3. The summed E-state index contributed by atoms with van der Waals surface area (Å²) in [5, 5.41) is 19.5. The molecule has 0 aromatic carbocycles. The van der Waals surface area contributed by atoms with Gasteiger partial charge in [0.05, 0.1) is 5.60 Å². The van der Waals surface area contributed by atoms with E-state index in [0.29, 0.717) is 26.1 Å². The Labute approximate surface area is 107 Å². The van der Waals surface area contributed by atoms with E-state index in [9.17, 15) is 18.3 Å². The number of hydrogen-bond acceptors (Lipinski definition) is 5. The van der Waals surface area contributed by atoms with Gasteiger partial charge < -0.3 is 15.2 Å². The Kier molecular flexibility index (Phi) is 3.91. The van der Waals surface area contributed by atoms with E-state index in [-0.39, 0.29) is 12.4 Å². The normalized spacial score (nSPS) is 19.2. The molecule has 0 amide bonds. The van der Waals surface area contributed by atoms with Crippen molar-refractivity contribution in [3.8, 4) is 0 Å². The van der Waals surface area contributed by atoms with Gasteiger partial charge in [0.2, 0.25) is 0 Å². The molecule has 106 valence electrons. The van der Waals surface area contributed by atoms with Crippen molar-refractivity contribution in [2.24, 2.45) is 0 Å². The van der Waals surface area contributed by atoms with Crippen LogP contribution in [0.3, 0.4) is 0 Å². The van der Waals surface area contributed by atoms with Gasteiger partial charge in [-0.25, -0.2) is 0 Å². The Balaban J connectivity index is 1.93. The topological polar surface area (TPSA) is 67.3 Å². The smallest absolute Gasteiger partial charge is 0.388 e. The molecule has 0 bridgehead atoms. The highest BCUT2D eigenvalue weighted by Crippen LogP contribution is 2.27. The van der Waals surface area contributed by atoms with Gasteiger partial charge in [0, 0.05) is 32.6 Å². The van der Waals surface area contributed by atoms with E-state index in [2.05, 4.69) is 15.5 Å². The van der Waals surface area contributed by atoms with Gasteiger partial charge in [-0.1, -0.05) is 0 Å². The summed E-state index contributed by atoms with van der Waals surface area (Å²) in [4.78, 5) is 0. The van der Waals surface area contributed by atoms with Crippen LogP contribution in [0, 0.1) is 0 Å². The summed E-state index contributed by atoms with van der Waals surface area (Å²) >= 11 is 0. The molecule has 0 unspecified atom stereocenters. The van der Waals surface area contributed by atoms with E-state index in [4.69, 9.17) is 4.74 Å². The largest absolute Gasteiger partial charge is 0.435 e. The number of aromatic nitrogens is 2. The van der Waals surface area contributed by atoms with E-state index >= 15 is 0 Å². The number of hydrogen-bond donors (Lipinski definition) is 2. The Morgan fingerprint density at radius 1 is 1.26 bits per heavy atom. The minimum absolute atomic E-state index is 0.202. The van der Waals surface area contributed by atoms with Crippen LogP contribution in [0.25, 0.3) is 0 Å². The fourth-order valence-electron chi connectivity index (χ4n) is 1.76. The molecule has 8 heteroatoms. The molecule has 5 nitrogen and oxygen atoms in total. The monoisotopic (exact) mass is 277 g/mol. The molecule has 0 spiro atoms. The lowest BCUT2D eigenvalue weighted by Crippen LogP contribution is -2.42. The summed E-state index contributed by atoms with van der Waals surface area (Å²) in [7, 11) is 0. The Morgan fingerprint density at radius 2 is 1.95 bits per heavy atom. The predicted molar refractivity (Wildman–Crippen MR) is 60.5 cm³/mol. The first-order valence-corrected chi connectivity index (χ1v) is 5.84. The average Bonchev–Trinajstić information content (AvgIpc) is 2.37. The van der Waals surface area contributed by atoms with Crippen molar-refractivity contribution in [2.75, 3.05) is 25.1 Å². The first kappa shape index (κ1) is 14.0. The van der Waals surface area contributed by atoms with Crippen molar-refractivity contribution in [2.45, 2.75) is 24.6 Å². The number of nitrogens with one attached hydrogen (secondary N) is 1. The zero-order valence-corrected chi connectivity index (χ0v) is 10.1. The summed E-state index contributed by atoms with van der Waals surface area (Å²) in [6.07, 6.45) is -3.54. The number of ether oxygens (including phenoxy) is 1. The van der Waals surface area contributed by atoms with E-state index in [1.54, 1.807) is 0 Å². The quantitative estimate of drug-likeness (QED) is 0.875. The molecule has 0 saturated carbocycles. The number of halogens is 3. The third-order valence-corrected chi connectivity index (χ3v) is 2.98. The number of anilines is 1. The summed E-state index contributed by atoms with van der Waals surface area (Å²) in [5.41, 5.74) is -1.95. The molecule has 1 aromatic heterocycles. The Morgan fingerprint density at radius 3 is 2.47 bits per heavy atom. The zero-order valence-electron chi connectivity index (χ0n) is 10.1. The Hall–Kier alpha value is -1.41. The van der Waals surface area contributed by atoms with E-state index in [1.807, 2.05) is 0 Å². The first-order chi connectivity index (χ1) is 8.89. The molecule has 0 radical (unpaired) electrons. The minimum Gasteiger partial charge on any atom is -0.388 e. The fraction of sp³-hybridized carbons (Fsp3) is 0.636. The molecule has 0 aliphatic carbocycles. The van der Waals surface area contributed by atoms with Gasteiger partial charge in [-0.15, -0.1) is 10.2 Å². The van der Waals surface area contributed by atoms with Gasteiger partial charge in [0.25, 0.3) is 0 Å². The van der Waals surface area contributed by atoms with Crippen LogP contribution in [0.5, 0.6) is 0 Å². The van der Waals surface area contributed by atoms with E-state index in [0.717, 1.165) is 6.07 Å². The van der Waals surface area contributed by atoms with Crippen LogP contribution in [0.4, 0.5) is 19.0 Å². The van der Waals surface area contributed by atoms with Crippen LogP contribution in [-0.2, 0) is 10.9 Å². The maximum atomic E-state index is 12.3. The highest BCUT2D eigenvalue weighted by Gasteiger charge is 2.33. The summed E-state index contributed by atoms with van der Waals surface area (Å²) in [6.45, 7) is 1.14. The molecule has 1 aromatic rings. The van der Waals surface area contributed by atoms with Gasteiger partial charge in [-0.2, -0.15) is 13.2 Å². The highest BCUT2D eigenvalue weighted by atomic mass is 19.4. The van der Waals surface area contributed by atoms with Crippen LogP contribution < -0.4 is 5.32 Å². The molecule has 2 heterocycles. The molecule has 1 fully saturated rings. The van der Waals surface area contributed by atoms with Crippen LogP contribution in [0.2, 0.25) is 0 Å². The van der Waals surface area contributed by atoms with Crippen LogP contribution in [0.15, 0.2) is 12.1 Å². The molecule has 1 aliphatic heterocycles. The first-order valence-electron chi connectivity index (χ1n) is 5.84. The van der Waals surface area contributed by atoms with E-state index < -0.39 is 17.5 Å². The summed E-state index contributed by atoms with van der Waals surface area (Å²) in [6, 6.07) is 2.04. The second-order valence-electron chi connectivity index (χ2n) is 4.49. The second kappa shape index (κ2) is 5.30. The fourth-order valence-corrected chi connectivity index (χ4v) is 1.76. The SMILES string of the molecule is OC1(CNc2ccc(C(F)(F)F)nn2)CCOCC1. The maximum absolute atomic E-state index is 12.3. The van der Waals surface area contributed by atoms with Crippen molar-refractivity contribution >= 4 is 5.82 Å². The van der Waals surface area contributed by atoms with Gasteiger partial charge in [-0.05, 0) is 12.1 Å². The third kappa shape index (κ3) is 3.77. The van der Waals surface area contributed by atoms with Gasteiger partial charge in [0.15, 0.2) is 5.69 Å². The van der Waals surface area contributed by atoms with Crippen molar-refractivity contribution < 1.29 is 23.0 Å². The molecule has 0 atom stereocenters. The van der Waals surface area contributed by atoms with Crippen LogP contribution in [0.1, 0.15) is 18.5 Å². The molecule has 19 heavy (non-hydrogen) atoms. The molecule has 2 rings (SSSR count). The molecular formula is C11H14F3N3O2. The van der Waals surface area contributed by atoms with Crippen molar-refractivity contribution in [3.05, 3.63) is 17.8 Å². The molecule has 2 N–H and O–H groups in total. The van der Waals surface area contributed by atoms with Crippen molar-refractivity contribution in [3.63, 3.8) is 0 Å². The zero-order chi connectivity index (χ0) is 13.9. The molecule has 1 saturated heterocycles. The Bertz CT molecular complexity index is 416. The maximum Gasteiger partial charge on any atom is 0.435 e. The van der Waals surface area contributed by atoms with E-state index in [1.165, 1.54) is 6.07 Å².